The van der Waals surface area contributed by atoms with Crippen LogP contribution in [0.3, 0.4) is 0 Å². The predicted octanol–water partition coefficient (Wildman–Crippen LogP) is 23.7. The molecule has 0 atom stereocenters. The summed E-state index contributed by atoms with van der Waals surface area (Å²) in [6.45, 7) is 11.6. The Kier molecular flexibility index (Phi) is 19.0. The van der Waals surface area contributed by atoms with Crippen LogP contribution in [-0.2, 0) is 10.8 Å². The second kappa shape index (κ2) is 27.8. The van der Waals surface area contributed by atoms with Gasteiger partial charge < -0.3 is 0 Å². The molecule has 0 fully saturated rings. The van der Waals surface area contributed by atoms with Crippen molar-refractivity contribution in [1.82, 2.24) is 20.3 Å². The average Bonchev–Trinajstić information content (AvgIpc) is 1.61. The van der Waals surface area contributed by atoms with Gasteiger partial charge in [-0.2, -0.15) is 0 Å². The number of aromatic nitrogens is 4. The lowest BCUT2D eigenvalue weighted by Gasteiger charge is -2.33. The van der Waals surface area contributed by atoms with Gasteiger partial charge in [0.1, 0.15) is 11.0 Å². The monoisotopic (exact) mass is 1160 g/mol. The smallest absolute Gasteiger partial charge is 0.143 e. The van der Waals surface area contributed by atoms with E-state index in [1.165, 1.54) is 193 Å². The summed E-state index contributed by atoms with van der Waals surface area (Å²) in [7, 11) is 0. The van der Waals surface area contributed by atoms with E-state index in [0.29, 0.717) is 0 Å². The Balaban J connectivity index is 1.04. The molecule has 446 valence electrons. The SMILES string of the molecule is CCCCCCC1(CCCCCC)c2cc(C)ccc2-c2ccc(-c3cc(/C=C/c4ccncc4)c(-c4ccc5c(c4)C(CCCCCC)(CCCCCC)c4cc(-c6ccc(-c7ccccc7)c7nonc67)ccc4-5)cc3/C=C/c3ccncc3)cc21. The van der Waals surface area contributed by atoms with Gasteiger partial charge in [0, 0.05) is 46.7 Å². The standard InChI is InChI=1S/C83H88N4O/c1-6-10-14-21-45-82(46-22-15-11-7-2)76-53-59(5)27-35-70(76)71-37-33-66(57-78(71)82)74-54-64(31-29-61-43-51-85-52-44-61)75(55-63(74)30-28-60-41-49-84-50-42-60)67-34-38-73-72-36-32-65(69-40-39-68(62-25-19-18-20-26-62)80-81(69)87-88-86-80)56-77(72)83(79(73)58-67,47-23-16-12-8-3)48-24-17-13-9-4/h18-20,25-44,49-58H,6-17,21-24,45-48H2,1-5H3/b30-28+,31-29+. The summed E-state index contributed by atoms with van der Waals surface area (Å²) >= 11 is 0. The molecule has 3 aromatic heterocycles. The molecule has 0 bridgehead atoms. The quantitative estimate of drug-likeness (QED) is 0.0457. The summed E-state index contributed by atoms with van der Waals surface area (Å²) in [6, 6.07) is 58.0. The van der Waals surface area contributed by atoms with Crippen molar-refractivity contribution in [2.45, 2.75) is 174 Å². The fourth-order valence-electron chi connectivity index (χ4n) is 15.0. The Labute approximate surface area is 524 Å². The van der Waals surface area contributed by atoms with E-state index in [0.717, 1.165) is 57.3 Å². The van der Waals surface area contributed by atoms with E-state index in [1.807, 2.05) is 24.8 Å². The molecule has 0 saturated carbocycles. The minimum absolute atomic E-state index is 0.0415. The number of aryl methyl sites for hydroxylation is 1. The number of hydrogen-bond acceptors (Lipinski definition) is 5. The van der Waals surface area contributed by atoms with Crippen LogP contribution in [0.1, 0.15) is 206 Å². The highest BCUT2D eigenvalue weighted by Gasteiger charge is 2.44. The van der Waals surface area contributed by atoms with Gasteiger partial charge in [-0.25, -0.2) is 4.63 Å². The first-order valence-corrected chi connectivity index (χ1v) is 33.6. The average molecular weight is 1160 g/mol. The molecule has 0 radical (unpaired) electrons. The predicted molar refractivity (Wildman–Crippen MR) is 372 cm³/mol. The highest BCUT2D eigenvalue weighted by Crippen LogP contribution is 2.58. The normalized spacial score (nSPS) is 13.6. The number of hydrogen-bond donors (Lipinski definition) is 0. The van der Waals surface area contributed by atoms with Crippen LogP contribution in [0.5, 0.6) is 0 Å². The van der Waals surface area contributed by atoms with Crippen molar-refractivity contribution in [2.75, 3.05) is 0 Å². The van der Waals surface area contributed by atoms with E-state index in [9.17, 15) is 0 Å². The summed E-state index contributed by atoms with van der Waals surface area (Å²) in [5.74, 6) is 0. The molecule has 10 aromatic rings. The third-order valence-corrected chi connectivity index (χ3v) is 19.7. The molecule has 88 heavy (non-hydrogen) atoms. The molecule has 0 amide bonds. The van der Waals surface area contributed by atoms with Crippen LogP contribution in [0.25, 0.3) is 102 Å². The maximum Gasteiger partial charge on any atom is 0.143 e. The first-order valence-electron chi connectivity index (χ1n) is 33.6. The van der Waals surface area contributed by atoms with E-state index in [1.54, 1.807) is 5.56 Å². The van der Waals surface area contributed by atoms with Gasteiger partial charge in [0.2, 0.25) is 0 Å². The Morgan fingerprint density at radius 1 is 0.330 bits per heavy atom. The van der Waals surface area contributed by atoms with Crippen molar-refractivity contribution in [3.05, 3.63) is 227 Å². The highest BCUT2D eigenvalue weighted by atomic mass is 16.6. The van der Waals surface area contributed by atoms with Gasteiger partial charge in [-0.15, -0.1) is 0 Å². The van der Waals surface area contributed by atoms with Gasteiger partial charge in [0.05, 0.1) is 0 Å². The van der Waals surface area contributed by atoms with Crippen molar-refractivity contribution in [3.63, 3.8) is 0 Å². The number of pyridine rings is 2. The highest BCUT2D eigenvalue weighted by molar-refractivity contribution is 6.01. The third kappa shape index (κ3) is 12.3. The molecule has 0 saturated heterocycles. The molecule has 0 N–H and O–H groups in total. The van der Waals surface area contributed by atoms with Gasteiger partial charge in [-0.3, -0.25) is 9.97 Å². The number of nitrogens with zero attached hydrogens (tertiary/aromatic N) is 4. The molecule has 0 unspecified atom stereocenters. The second-order valence-electron chi connectivity index (χ2n) is 25.5. The fraction of sp³-hybridized carbons (Fsp3) is 0.325. The maximum atomic E-state index is 5.58. The molecule has 0 spiro atoms. The summed E-state index contributed by atoms with van der Waals surface area (Å²) in [6.07, 6.45) is 41.1. The zero-order valence-corrected chi connectivity index (χ0v) is 52.9. The largest absolute Gasteiger partial charge is 0.265 e. The number of benzene rings is 7. The van der Waals surface area contributed by atoms with Gasteiger partial charge in [0.25, 0.3) is 0 Å². The lowest BCUT2D eigenvalue weighted by atomic mass is 9.69. The van der Waals surface area contributed by atoms with Crippen LogP contribution in [0.15, 0.2) is 181 Å². The van der Waals surface area contributed by atoms with Crippen LogP contribution >= 0.6 is 0 Å². The molecular formula is C83H88N4O. The van der Waals surface area contributed by atoms with E-state index < -0.39 is 0 Å². The second-order valence-corrected chi connectivity index (χ2v) is 25.5. The number of unbranched alkanes of at least 4 members (excludes halogenated alkanes) is 12. The number of fused-ring (bicyclic) bond motifs is 7. The lowest BCUT2D eigenvalue weighted by molar-refractivity contribution is 0.315. The van der Waals surface area contributed by atoms with Crippen LogP contribution in [0.2, 0.25) is 0 Å². The maximum absolute atomic E-state index is 5.58. The van der Waals surface area contributed by atoms with Crippen molar-refractivity contribution >= 4 is 35.3 Å². The molecule has 5 heteroatoms. The minimum atomic E-state index is -0.194. The summed E-state index contributed by atoms with van der Waals surface area (Å²) < 4.78 is 5.58. The Hall–Kier alpha value is -8.28. The van der Waals surface area contributed by atoms with Gasteiger partial charge in [-0.05, 0) is 198 Å². The summed E-state index contributed by atoms with van der Waals surface area (Å²) in [4.78, 5) is 8.82. The Morgan fingerprint density at radius 2 is 0.693 bits per heavy atom. The zero-order chi connectivity index (χ0) is 60.3. The van der Waals surface area contributed by atoms with Crippen molar-refractivity contribution < 1.29 is 4.63 Å². The summed E-state index contributed by atoms with van der Waals surface area (Å²) in [5.41, 5.74) is 28.1. The van der Waals surface area contributed by atoms with Crippen molar-refractivity contribution in [2.24, 2.45) is 0 Å². The zero-order valence-electron chi connectivity index (χ0n) is 52.9. The molecule has 2 aliphatic carbocycles. The van der Waals surface area contributed by atoms with E-state index >= 15 is 0 Å². The Morgan fingerprint density at radius 3 is 1.10 bits per heavy atom. The van der Waals surface area contributed by atoms with E-state index in [-0.39, 0.29) is 10.8 Å². The van der Waals surface area contributed by atoms with Gasteiger partial charge >= 0.3 is 0 Å². The van der Waals surface area contributed by atoms with Crippen molar-refractivity contribution in [1.29, 1.82) is 0 Å². The van der Waals surface area contributed by atoms with Gasteiger partial charge in [-0.1, -0.05) is 257 Å². The topological polar surface area (TPSA) is 64.7 Å². The molecule has 7 aromatic carbocycles. The molecule has 0 aliphatic heterocycles. The fourth-order valence-corrected chi connectivity index (χ4v) is 15.0. The lowest BCUT2D eigenvalue weighted by Crippen LogP contribution is -2.25. The van der Waals surface area contributed by atoms with E-state index in [4.69, 9.17) is 4.63 Å². The van der Waals surface area contributed by atoms with Crippen LogP contribution < -0.4 is 0 Å². The van der Waals surface area contributed by atoms with Crippen LogP contribution in [0.4, 0.5) is 0 Å². The molecule has 3 heterocycles. The molecule has 5 nitrogen and oxygen atoms in total. The van der Waals surface area contributed by atoms with Gasteiger partial charge in [0.15, 0.2) is 0 Å². The van der Waals surface area contributed by atoms with E-state index in [2.05, 4.69) is 231 Å². The first-order chi connectivity index (χ1) is 43.4. The summed E-state index contributed by atoms with van der Waals surface area (Å²) in [5, 5.41) is 9.13. The number of rotatable bonds is 28. The third-order valence-electron chi connectivity index (χ3n) is 19.7. The van der Waals surface area contributed by atoms with Crippen LogP contribution in [0, 0.1) is 6.92 Å². The molecule has 12 rings (SSSR count). The first kappa shape index (κ1) is 60.0. The van der Waals surface area contributed by atoms with Crippen LogP contribution in [-0.4, -0.2) is 20.3 Å². The Bertz CT molecular complexity index is 4030. The van der Waals surface area contributed by atoms with Crippen molar-refractivity contribution in [3.8, 4) is 66.8 Å². The molecular weight excluding hydrogens is 1070 g/mol. The molecule has 2 aliphatic rings. The minimum Gasteiger partial charge on any atom is -0.265 e.